The molecule has 4 rings (SSSR count). The maximum absolute atomic E-state index is 12.2. The normalized spacial score (nSPS) is 15.0. The van der Waals surface area contributed by atoms with Gasteiger partial charge in [0.05, 0.1) is 0 Å². The fourth-order valence-corrected chi connectivity index (χ4v) is 2.82. The maximum Gasteiger partial charge on any atom is 0.272 e. The molecule has 0 radical (unpaired) electrons. The summed E-state index contributed by atoms with van der Waals surface area (Å²) in [5.74, 6) is 1.34. The molecule has 1 aromatic carbocycles. The Kier molecular flexibility index (Phi) is 2.80. The Bertz CT molecular complexity index is 708. The van der Waals surface area contributed by atoms with Crippen LogP contribution >= 0.6 is 0 Å². The third kappa shape index (κ3) is 2.12. The number of benzene rings is 1. The van der Waals surface area contributed by atoms with Gasteiger partial charge in [-0.05, 0) is 37.0 Å². The van der Waals surface area contributed by atoms with Crippen LogP contribution in [0.2, 0.25) is 0 Å². The van der Waals surface area contributed by atoms with Gasteiger partial charge in [0.1, 0.15) is 0 Å². The summed E-state index contributed by atoms with van der Waals surface area (Å²) in [5, 5.41) is 9.98. The van der Waals surface area contributed by atoms with Crippen LogP contribution in [0.25, 0.3) is 0 Å². The molecule has 6 nitrogen and oxygen atoms in total. The van der Waals surface area contributed by atoms with Crippen molar-refractivity contribution >= 4 is 5.91 Å². The molecule has 2 heterocycles. The summed E-state index contributed by atoms with van der Waals surface area (Å²) in [7, 11) is 0. The first kappa shape index (κ1) is 12.3. The minimum Gasteiger partial charge on any atom is -0.454 e. The van der Waals surface area contributed by atoms with Crippen LogP contribution in [0.5, 0.6) is 11.5 Å². The number of aromatic nitrogens is 2. The van der Waals surface area contributed by atoms with Crippen LogP contribution in [0.4, 0.5) is 0 Å². The molecule has 1 aromatic heterocycles. The quantitative estimate of drug-likeness (QED) is 0.897. The van der Waals surface area contributed by atoms with E-state index >= 15 is 0 Å². The molecule has 2 aromatic rings. The first-order valence-electron chi connectivity index (χ1n) is 7.04. The van der Waals surface area contributed by atoms with Crippen LogP contribution in [-0.4, -0.2) is 22.9 Å². The third-order valence-corrected chi connectivity index (χ3v) is 3.91. The average molecular weight is 285 g/mol. The summed E-state index contributed by atoms with van der Waals surface area (Å²) in [6.45, 7) is 0.696. The lowest BCUT2D eigenvalue weighted by Gasteiger charge is -2.05. The van der Waals surface area contributed by atoms with Crippen LogP contribution in [-0.2, 0) is 19.4 Å². The molecule has 0 saturated heterocycles. The zero-order valence-electron chi connectivity index (χ0n) is 11.4. The van der Waals surface area contributed by atoms with Gasteiger partial charge in [0.25, 0.3) is 5.91 Å². The molecule has 0 spiro atoms. The number of fused-ring (bicyclic) bond motifs is 2. The highest BCUT2D eigenvalue weighted by Crippen LogP contribution is 2.32. The highest BCUT2D eigenvalue weighted by molar-refractivity contribution is 5.94. The molecule has 0 unspecified atom stereocenters. The lowest BCUT2D eigenvalue weighted by Crippen LogP contribution is -2.24. The Morgan fingerprint density at radius 2 is 2.19 bits per heavy atom. The van der Waals surface area contributed by atoms with Crippen molar-refractivity contribution < 1.29 is 14.3 Å². The van der Waals surface area contributed by atoms with Crippen molar-refractivity contribution in [2.24, 2.45) is 0 Å². The maximum atomic E-state index is 12.2. The van der Waals surface area contributed by atoms with Gasteiger partial charge in [-0.15, -0.1) is 0 Å². The Morgan fingerprint density at radius 1 is 1.29 bits per heavy atom. The second kappa shape index (κ2) is 4.80. The number of amides is 1. The van der Waals surface area contributed by atoms with E-state index in [1.165, 1.54) is 0 Å². The standard InChI is InChI=1S/C15H15N3O3/c19-15(14-10-2-1-3-11(10)17-18-14)16-7-9-4-5-12-13(6-9)21-8-20-12/h4-6H,1-3,7-8H2,(H,16,19)(H,17,18). The summed E-state index contributed by atoms with van der Waals surface area (Å²) in [4.78, 5) is 12.2. The van der Waals surface area contributed by atoms with Gasteiger partial charge in [-0.2, -0.15) is 5.10 Å². The fourth-order valence-electron chi connectivity index (χ4n) is 2.82. The van der Waals surface area contributed by atoms with Crippen molar-refractivity contribution in [1.29, 1.82) is 0 Å². The number of aryl methyl sites for hydroxylation is 1. The number of rotatable bonds is 3. The van der Waals surface area contributed by atoms with Crippen LogP contribution < -0.4 is 14.8 Å². The number of nitrogens with one attached hydrogen (secondary N) is 2. The molecule has 108 valence electrons. The zero-order chi connectivity index (χ0) is 14.2. The minimum atomic E-state index is -0.132. The van der Waals surface area contributed by atoms with Gasteiger partial charge in [0.2, 0.25) is 6.79 Å². The highest BCUT2D eigenvalue weighted by Gasteiger charge is 2.22. The molecular formula is C15H15N3O3. The van der Waals surface area contributed by atoms with Crippen molar-refractivity contribution in [2.45, 2.75) is 25.8 Å². The SMILES string of the molecule is O=C(NCc1ccc2c(c1)OCO2)c1n[nH]c2c1CCC2. The third-order valence-electron chi connectivity index (χ3n) is 3.91. The molecule has 1 aliphatic carbocycles. The number of H-pyrrole nitrogens is 1. The fraction of sp³-hybridized carbons (Fsp3) is 0.333. The van der Waals surface area contributed by atoms with Crippen molar-refractivity contribution in [1.82, 2.24) is 15.5 Å². The van der Waals surface area contributed by atoms with Crippen LogP contribution in [0.1, 0.15) is 33.7 Å². The van der Waals surface area contributed by atoms with E-state index in [1.807, 2.05) is 18.2 Å². The molecule has 0 fully saturated rings. The molecule has 6 heteroatoms. The van der Waals surface area contributed by atoms with Crippen molar-refractivity contribution in [3.8, 4) is 11.5 Å². The van der Waals surface area contributed by atoms with Crippen molar-refractivity contribution in [3.63, 3.8) is 0 Å². The summed E-state index contributed by atoms with van der Waals surface area (Å²) < 4.78 is 10.6. The number of hydrogen-bond acceptors (Lipinski definition) is 4. The second-order valence-electron chi connectivity index (χ2n) is 5.25. The van der Waals surface area contributed by atoms with E-state index in [0.717, 1.165) is 47.6 Å². The Labute approximate surface area is 121 Å². The summed E-state index contributed by atoms with van der Waals surface area (Å²) in [6, 6.07) is 5.66. The molecule has 0 atom stereocenters. The van der Waals surface area contributed by atoms with Gasteiger partial charge >= 0.3 is 0 Å². The van der Waals surface area contributed by atoms with Gasteiger partial charge < -0.3 is 14.8 Å². The molecule has 21 heavy (non-hydrogen) atoms. The summed E-state index contributed by atoms with van der Waals surface area (Å²) >= 11 is 0. The van der Waals surface area contributed by atoms with Crippen LogP contribution in [0.15, 0.2) is 18.2 Å². The van der Waals surface area contributed by atoms with E-state index in [0.29, 0.717) is 12.2 Å². The number of ether oxygens (including phenoxy) is 2. The van der Waals surface area contributed by atoms with E-state index < -0.39 is 0 Å². The Morgan fingerprint density at radius 3 is 3.14 bits per heavy atom. The number of aromatic amines is 1. The average Bonchev–Trinajstić information content (AvgIpc) is 3.19. The minimum absolute atomic E-state index is 0.132. The van der Waals surface area contributed by atoms with E-state index in [9.17, 15) is 4.79 Å². The van der Waals surface area contributed by atoms with Crippen molar-refractivity contribution in [2.75, 3.05) is 6.79 Å². The van der Waals surface area contributed by atoms with E-state index in [1.54, 1.807) is 0 Å². The van der Waals surface area contributed by atoms with E-state index in [-0.39, 0.29) is 12.7 Å². The van der Waals surface area contributed by atoms with E-state index in [2.05, 4.69) is 15.5 Å². The second-order valence-corrected chi connectivity index (χ2v) is 5.25. The Balaban J connectivity index is 1.45. The number of hydrogen-bond donors (Lipinski definition) is 2. The largest absolute Gasteiger partial charge is 0.454 e. The first-order valence-corrected chi connectivity index (χ1v) is 7.04. The summed E-state index contributed by atoms with van der Waals surface area (Å²) in [6.07, 6.45) is 3.00. The van der Waals surface area contributed by atoms with Gasteiger partial charge in [-0.3, -0.25) is 9.89 Å². The lowest BCUT2D eigenvalue weighted by atomic mass is 10.1. The smallest absolute Gasteiger partial charge is 0.272 e. The van der Waals surface area contributed by atoms with Crippen LogP contribution in [0, 0.1) is 0 Å². The highest BCUT2D eigenvalue weighted by atomic mass is 16.7. The van der Waals surface area contributed by atoms with Gasteiger partial charge in [-0.1, -0.05) is 6.07 Å². The molecular weight excluding hydrogens is 270 g/mol. The van der Waals surface area contributed by atoms with Crippen LogP contribution in [0.3, 0.4) is 0 Å². The van der Waals surface area contributed by atoms with Gasteiger partial charge in [-0.25, -0.2) is 0 Å². The first-order chi connectivity index (χ1) is 10.3. The van der Waals surface area contributed by atoms with E-state index in [4.69, 9.17) is 9.47 Å². The molecule has 0 saturated carbocycles. The van der Waals surface area contributed by atoms with Crippen molar-refractivity contribution in [3.05, 3.63) is 40.7 Å². The predicted molar refractivity (Wildman–Crippen MR) is 74.3 cm³/mol. The number of nitrogens with zero attached hydrogens (tertiary/aromatic N) is 1. The topological polar surface area (TPSA) is 76.2 Å². The number of carbonyl (C=O) groups is 1. The molecule has 2 N–H and O–H groups in total. The zero-order valence-corrected chi connectivity index (χ0v) is 11.4. The molecule has 0 bridgehead atoms. The molecule has 2 aliphatic rings. The number of carbonyl (C=O) groups excluding carboxylic acids is 1. The predicted octanol–water partition coefficient (Wildman–Crippen LogP) is 1.56. The van der Waals surface area contributed by atoms with Gasteiger partial charge in [0.15, 0.2) is 17.2 Å². The summed E-state index contributed by atoms with van der Waals surface area (Å²) in [5.41, 5.74) is 3.67. The molecule has 1 aliphatic heterocycles. The molecule has 1 amide bonds. The lowest BCUT2D eigenvalue weighted by molar-refractivity contribution is 0.0945. The van der Waals surface area contributed by atoms with Gasteiger partial charge in [0, 0.05) is 17.8 Å². The Hall–Kier alpha value is -2.50. The monoisotopic (exact) mass is 285 g/mol.